The summed E-state index contributed by atoms with van der Waals surface area (Å²) in [5.41, 5.74) is -2.05. The highest BCUT2D eigenvalue weighted by molar-refractivity contribution is 9.25. The van der Waals surface area contributed by atoms with Gasteiger partial charge in [0.1, 0.15) is 3.74 Å². The standard InChI is InChI=1S/C8H4Br2N2O6/c9-8(10)6(13)3-1-4(11(15)16)7(14)5(2-3)12(17)18/h1-2,8,14H. The summed E-state index contributed by atoms with van der Waals surface area (Å²) < 4.78 is -0.839. The van der Waals surface area contributed by atoms with Gasteiger partial charge in [0.2, 0.25) is 0 Å². The maximum absolute atomic E-state index is 11.6. The Morgan fingerprint density at radius 2 is 1.56 bits per heavy atom. The highest BCUT2D eigenvalue weighted by atomic mass is 79.9. The van der Waals surface area contributed by atoms with Gasteiger partial charge in [0.25, 0.3) is 5.75 Å². The Balaban J connectivity index is 3.53. The average Bonchev–Trinajstić information content (AvgIpc) is 2.27. The summed E-state index contributed by atoms with van der Waals surface area (Å²) in [6, 6.07) is 1.56. The second kappa shape index (κ2) is 5.40. The fourth-order valence-electron chi connectivity index (χ4n) is 1.15. The summed E-state index contributed by atoms with van der Waals surface area (Å²) in [7, 11) is 0. The molecule has 0 spiro atoms. The number of aromatic hydroxyl groups is 1. The molecule has 0 fully saturated rings. The molecule has 1 N–H and O–H groups in total. The number of hydrogen-bond donors (Lipinski definition) is 1. The molecule has 0 aliphatic carbocycles. The minimum atomic E-state index is -1.08. The molecule has 1 aromatic rings. The van der Waals surface area contributed by atoms with Crippen molar-refractivity contribution in [1.82, 2.24) is 0 Å². The number of nitro benzene ring substituents is 2. The Kier molecular flexibility index (Phi) is 4.35. The number of carbonyl (C=O) groups excluding carboxylic acids is 1. The highest BCUT2D eigenvalue weighted by Crippen LogP contribution is 2.37. The molecular weight excluding hydrogens is 380 g/mol. The highest BCUT2D eigenvalue weighted by Gasteiger charge is 2.29. The minimum absolute atomic E-state index is 0.259. The molecule has 8 nitrogen and oxygen atoms in total. The number of ketones is 1. The Labute approximate surface area is 116 Å². The van der Waals surface area contributed by atoms with E-state index in [0.717, 1.165) is 12.1 Å². The van der Waals surface area contributed by atoms with Crippen LogP contribution in [0.25, 0.3) is 0 Å². The predicted molar refractivity (Wildman–Crippen MR) is 67.4 cm³/mol. The second-order valence-electron chi connectivity index (χ2n) is 3.04. The number of nitrogens with zero attached hydrogens (tertiary/aromatic N) is 2. The summed E-state index contributed by atoms with van der Waals surface area (Å²) in [4.78, 5) is 30.8. The van der Waals surface area contributed by atoms with E-state index in [1.165, 1.54) is 0 Å². The van der Waals surface area contributed by atoms with Crippen molar-refractivity contribution in [1.29, 1.82) is 0 Å². The predicted octanol–water partition coefficient (Wildman–Crippen LogP) is 2.51. The lowest BCUT2D eigenvalue weighted by Gasteiger charge is -2.03. The summed E-state index contributed by atoms with van der Waals surface area (Å²) in [5.74, 6) is -1.72. The zero-order valence-electron chi connectivity index (χ0n) is 8.37. The van der Waals surface area contributed by atoms with Crippen LogP contribution < -0.4 is 0 Å². The number of halogens is 2. The number of Topliss-reactive ketones (excluding diaryl/α,β-unsaturated/α-hetero) is 1. The number of rotatable bonds is 4. The van der Waals surface area contributed by atoms with E-state index in [2.05, 4.69) is 31.9 Å². The molecule has 0 aliphatic heterocycles. The molecule has 10 heteroatoms. The summed E-state index contributed by atoms with van der Waals surface area (Å²) in [5, 5.41) is 30.6. The lowest BCUT2D eigenvalue weighted by molar-refractivity contribution is -0.396. The molecule has 0 aliphatic rings. The van der Waals surface area contributed by atoms with Gasteiger partial charge in [0.05, 0.1) is 9.85 Å². The van der Waals surface area contributed by atoms with E-state index in [9.17, 15) is 30.1 Å². The molecule has 0 saturated carbocycles. The molecule has 1 rings (SSSR count). The van der Waals surface area contributed by atoms with Gasteiger partial charge in [-0.2, -0.15) is 0 Å². The third-order valence-electron chi connectivity index (χ3n) is 1.95. The van der Waals surface area contributed by atoms with Gasteiger partial charge in [-0.15, -0.1) is 0 Å². The Hall–Kier alpha value is -1.55. The normalized spacial score (nSPS) is 10.4. The topological polar surface area (TPSA) is 124 Å². The van der Waals surface area contributed by atoms with E-state index in [1.807, 2.05) is 0 Å². The Morgan fingerprint density at radius 1 is 1.17 bits per heavy atom. The number of phenols is 1. The van der Waals surface area contributed by atoms with Crippen LogP contribution in [0.3, 0.4) is 0 Å². The zero-order valence-corrected chi connectivity index (χ0v) is 11.5. The molecule has 0 bridgehead atoms. The van der Waals surface area contributed by atoms with Crippen LogP contribution in [-0.4, -0.2) is 24.5 Å². The van der Waals surface area contributed by atoms with Crippen molar-refractivity contribution in [2.45, 2.75) is 3.74 Å². The second-order valence-corrected chi connectivity index (χ2v) is 6.10. The lowest BCUT2D eigenvalue weighted by Crippen LogP contribution is -2.08. The van der Waals surface area contributed by atoms with Crippen molar-refractivity contribution in [2.75, 3.05) is 0 Å². The Bertz CT molecular complexity index is 509. The molecule has 0 atom stereocenters. The fourth-order valence-corrected chi connectivity index (χ4v) is 1.68. The number of nitro groups is 2. The molecule has 0 amide bonds. The van der Waals surface area contributed by atoms with Crippen LogP contribution in [0.1, 0.15) is 10.4 Å². The maximum atomic E-state index is 11.6. The van der Waals surface area contributed by atoms with Crippen molar-refractivity contribution >= 4 is 49.0 Å². The van der Waals surface area contributed by atoms with Crippen LogP contribution >= 0.6 is 31.9 Å². The minimum Gasteiger partial charge on any atom is -0.497 e. The van der Waals surface area contributed by atoms with Crippen LogP contribution in [0.5, 0.6) is 5.75 Å². The molecule has 1 aromatic carbocycles. The van der Waals surface area contributed by atoms with Crippen LogP contribution in [0, 0.1) is 20.2 Å². The quantitative estimate of drug-likeness (QED) is 0.368. The fraction of sp³-hybridized carbons (Fsp3) is 0.125. The first-order valence-electron chi connectivity index (χ1n) is 4.24. The SMILES string of the molecule is O=C(c1cc([N+](=O)[O-])c(O)c([N+](=O)[O-])c1)C(Br)Br. The van der Waals surface area contributed by atoms with E-state index in [4.69, 9.17) is 0 Å². The summed E-state index contributed by atoms with van der Waals surface area (Å²) in [6.45, 7) is 0. The number of benzene rings is 1. The molecular formula is C8H4Br2N2O6. The first-order valence-corrected chi connectivity index (χ1v) is 6.07. The number of hydrogen-bond acceptors (Lipinski definition) is 6. The van der Waals surface area contributed by atoms with Crippen LogP contribution in [0.4, 0.5) is 11.4 Å². The molecule has 0 heterocycles. The van der Waals surface area contributed by atoms with Gasteiger partial charge in [0, 0.05) is 17.7 Å². The molecule has 18 heavy (non-hydrogen) atoms. The third-order valence-corrected chi connectivity index (χ3v) is 2.78. The molecule has 96 valence electrons. The van der Waals surface area contributed by atoms with Gasteiger partial charge in [0.15, 0.2) is 5.78 Å². The molecule has 0 saturated heterocycles. The van der Waals surface area contributed by atoms with Gasteiger partial charge in [-0.3, -0.25) is 25.0 Å². The van der Waals surface area contributed by atoms with Crippen molar-refractivity contribution in [2.24, 2.45) is 0 Å². The van der Waals surface area contributed by atoms with Crippen molar-refractivity contribution < 1.29 is 19.7 Å². The van der Waals surface area contributed by atoms with Crippen LogP contribution in [-0.2, 0) is 0 Å². The summed E-state index contributed by atoms with van der Waals surface area (Å²) >= 11 is 5.77. The number of alkyl halides is 2. The smallest absolute Gasteiger partial charge is 0.318 e. The summed E-state index contributed by atoms with van der Waals surface area (Å²) in [6.07, 6.45) is 0. The van der Waals surface area contributed by atoms with Gasteiger partial charge < -0.3 is 5.11 Å². The molecule has 0 radical (unpaired) electrons. The average molecular weight is 384 g/mol. The van der Waals surface area contributed by atoms with Gasteiger partial charge >= 0.3 is 11.4 Å². The Morgan fingerprint density at radius 3 is 1.83 bits per heavy atom. The van der Waals surface area contributed by atoms with E-state index >= 15 is 0 Å². The monoisotopic (exact) mass is 382 g/mol. The molecule has 0 unspecified atom stereocenters. The lowest BCUT2D eigenvalue weighted by atomic mass is 10.1. The maximum Gasteiger partial charge on any atom is 0.318 e. The van der Waals surface area contributed by atoms with Crippen LogP contribution in [0.2, 0.25) is 0 Å². The van der Waals surface area contributed by atoms with E-state index < -0.39 is 36.5 Å². The largest absolute Gasteiger partial charge is 0.497 e. The van der Waals surface area contributed by atoms with E-state index in [0.29, 0.717) is 0 Å². The first-order chi connectivity index (χ1) is 8.25. The van der Waals surface area contributed by atoms with E-state index in [-0.39, 0.29) is 5.56 Å². The molecule has 0 aromatic heterocycles. The zero-order chi connectivity index (χ0) is 14.0. The van der Waals surface area contributed by atoms with Gasteiger partial charge in [-0.25, -0.2) is 0 Å². The van der Waals surface area contributed by atoms with E-state index in [1.54, 1.807) is 0 Å². The third kappa shape index (κ3) is 2.82. The van der Waals surface area contributed by atoms with Gasteiger partial charge in [-0.05, 0) is 0 Å². The van der Waals surface area contributed by atoms with Crippen molar-refractivity contribution in [3.05, 3.63) is 37.9 Å². The first kappa shape index (κ1) is 14.5. The number of phenolic OH excluding ortho intramolecular Hbond substituents is 1. The van der Waals surface area contributed by atoms with Crippen LogP contribution in [0.15, 0.2) is 12.1 Å². The van der Waals surface area contributed by atoms with Crippen molar-refractivity contribution in [3.8, 4) is 5.75 Å². The number of carbonyl (C=O) groups is 1. The van der Waals surface area contributed by atoms with Gasteiger partial charge in [-0.1, -0.05) is 31.9 Å². The van der Waals surface area contributed by atoms with Crippen molar-refractivity contribution in [3.63, 3.8) is 0 Å².